The zero-order chi connectivity index (χ0) is 21.5. The number of benzene rings is 2. The number of hydrogen-bond acceptors (Lipinski definition) is 3. The van der Waals surface area contributed by atoms with Crippen LogP contribution in [0, 0.1) is 0 Å². The number of ether oxygens (including phenoxy) is 1. The SMILES string of the molecule is O=C(O)c1c(Br)c(Br)c(Br)c(Br)c1C(=O)OC(Br)c1cc(Br)c(Br)c(Br)c1Br. The second-order valence-corrected chi connectivity index (χ2v) is 12.2. The summed E-state index contributed by atoms with van der Waals surface area (Å²) < 4.78 is 9.80. The molecule has 150 valence electrons. The largest absolute Gasteiger partial charge is 0.478 e. The van der Waals surface area contributed by atoms with E-state index in [4.69, 9.17) is 4.74 Å². The minimum Gasteiger partial charge on any atom is -0.478 e. The van der Waals surface area contributed by atoms with Gasteiger partial charge in [-0.15, -0.1) is 0 Å². The van der Waals surface area contributed by atoms with E-state index in [0.29, 0.717) is 19.0 Å². The van der Waals surface area contributed by atoms with Crippen molar-refractivity contribution in [3.8, 4) is 0 Å². The van der Waals surface area contributed by atoms with E-state index >= 15 is 0 Å². The molecule has 2 rings (SSSR count). The summed E-state index contributed by atoms with van der Waals surface area (Å²) in [6.07, 6.45) is 0. The summed E-state index contributed by atoms with van der Waals surface area (Å²) in [5.41, 5.74) is 0.243. The molecule has 1 atom stereocenters. The summed E-state index contributed by atoms with van der Waals surface area (Å²) in [5.74, 6) is -2.11. The third-order valence-electron chi connectivity index (χ3n) is 3.27. The summed E-state index contributed by atoms with van der Waals surface area (Å²) in [7, 11) is 0. The molecule has 0 heterocycles. The van der Waals surface area contributed by atoms with Crippen molar-refractivity contribution in [2.45, 2.75) is 5.01 Å². The number of carboxylic acids is 1. The number of esters is 1. The van der Waals surface area contributed by atoms with E-state index in [0.717, 1.165) is 13.4 Å². The van der Waals surface area contributed by atoms with Crippen LogP contribution >= 0.6 is 143 Å². The molecular weight excluding hydrogens is 963 g/mol. The number of carboxylic acid groups (broad SMARTS) is 1. The third-order valence-corrected chi connectivity index (χ3v) is 13.4. The van der Waals surface area contributed by atoms with Gasteiger partial charge in [-0.2, -0.15) is 0 Å². The molecule has 0 saturated carbocycles. The molecule has 0 bridgehead atoms. The number of carbonyl (C=O) groups excluding carboxylic acids is 1. The van der Waals surface area contributed by atoms with Crippen molar-refractivity contribution in [1.82, 2.24) is 0 Å². The maximum Gasteiger partial charge on any atom is 0.341 e. The van der Waals surface area contributed by atoms with Crippen LogP contribution in [-0.4, -0.2) is 17.0 Å². The van der Waals surface area contributed by atoms with Crippen molar-refractivity contribution in [3.05, 3.63) is 58.5 Å². The van der Waals surface area contributed by atoms with Crippen LogP contribution in [0.5, 0.6) is 0 Å². The molecule has 1 unspecified atom stereocenters. The molecule has 0 radical (unpaired) electrons. The summed E-state index contributed by atoms with van der Waals surface area (Å²) in [4.78, 5) is 24.7. The fourth-order valence-corrected chi connectivity index (χ4v) is 7.54. The van der Waals surface area contributed by atoms with E-state index in [1.165, 1.54) is 0 Å². The van der Waals surface area contributed by atoms with Gasteiger partial charge in [0.05, 0.1) is 11.1 Å². The van der Waals surface area contributed by atoms with Crippen molar-refractivity contribution in [2.75, 3.05) is 0 Å². The Labute approximate surface area is 235 Å². The lowest BCUT2D eigenvalue weighted by atomic mass is 10.1. The Morgan fingerprint density at radius 1 is 0.750 bits per heavy atom. The molecule has 1 N–H and O–H groups in total. The van der Waals surface area contributed by atoms with Crippen LogP contribution in [0.1, 0.15) is 31.3 Å². The first kappa shape index (κ1) is 26.0. The summed E-state index contributed by atoms with van der Waals surface area (Å²) >= 11 is 30.2. The number of hydrogen-bond donors (Lipinski definition) is 1. The van der Waals surface area contributed by atoms with Gasteiger partial charge in [0, 0.05) is 41.3 Å². The molecule has 13 heteroatoms. The number of halogens is 9. The van der Waals surface area contributed by atoms with Crippen LogP contribution in [0.4, 0.5) is 0 Å². The highest BCUT2D eigenvalue weighted by molar-refractivity contribution is 9.15. The van der Waals surface area contributed by atoms with Crippen LogP contribution in [0.25, 0.3) is 0 Å². The monoisotopic (exact) mass is 957 g/mol. The molecule has 0 aromatic heterocycles. The molecular formula is C15H3Br9O4. The second kappa shape index (κ2) is 10.5. The van der Waals surface area contributed by atoms with Gasteiger partial charge in [0.1, 0.15) is 0 Å². The maximum absolute atomic E-state index is 12.9. The molecule has 0 saturated heterocycles. The maximum atomic E-state index is 12.9. The first-order valence-corrected chi connectivity index (χ1v) is 13.9. The summed E-state index contributed by atoms with van der Waals surface area (Å²) in [6.45, 7) is 0. The van der Waals surface area contributed by atoms with E-state index in [2.05, 4.69) is 143 Å². The fraction of sp³-hybridized carbons (Fsp3) is 0.0667. The predicted octanol–water partition coefficient (Wildman–Crippen LogP) is 9.74. The highest BCUT2D eigenvalue weighted by atomic mass is 79.9. The lowest BCUT2D eigenvalue weighted by Crippen LogP contribution is -2.15. The molecule has 28 heavy (non-hydrogen) atoms. The lowest BCUT2D eigenvalue weighted by molar-refractivity contribution is 0.0455. The molecule has 0 aliphatic rings. The minimum atomic E-state index is -1.28. The van der Waals surface area contributed by atoms with Crippen LogP contribution in [-0.2, 0) is 4.74 Å². The first-order chi connectivity index (χ1) is 12.9. The van der Waals surface area contributed by atoms with Gasteiger partial charge in [-0.05, 0) is 149 Å². The Bertz CT molecular complexity index is 1010. The normalized spacial score (nSPS) is 12.0. The van der Waals surface area contributed by atoms with E-state index < -0.39 is 17.0 Å². The predicted molar refractivity (Wildman–Crippen MR) is 139 cm³/mol. The summed E-state index contributed by atoms with van der Waals surface area (Å²) in [6, 6.07) is 1.76. The van der Waals surface area contributed by atoms with Gasteiger partial charge >= 0.3 is 11.9 Å². The Balaban J connectivity index is 2.54. The molecule has 0 fully saturated rings. The Kier molecular flexibility index (Phi) is 9.77. The quantitative estimate of drug-likeness (QED) is 0.144. The highest BCUT2D eigenvalue weighted by Crippen LogP contribution is 2.45. The Hall–Kier alpha value is 1.70. The van der Waals surface area contributed by atoms with E-state index in [1.54, 1.807) is 6.07 Å². The van der Waals surface area contributed by atoms with Crippen molar-refractivity contribution in [2.24, 2.45) is 0 Å². The standard InChI is InChI=1S/C15H3Br9O4/c16-3-1-2(6(17)10(21)7(3)18)13(24)28-15(27)5-4(14(25)26)8(19)11(22)12(23)9(5)20/h1,13H,(H,25,26). The topological polar surface area (TPSA) is 63.6 Å². The zero-order valence-corrected chi connectivity index (χ0v) is 27.0. The highest BCUT2D eigenvalue weighted by Gasteiger charge is 2.31. The third kappa shape index (κ3) is 5.19. The number of aromatic carboxylic acids is 1. The molecule has 0 amide bonds. The minimum absolute atomic E-state index is 0.134. The average Bonchev–Trinajstić information content (AvgIpc) is 2.63. The molecule has 0 spiro atoms. The number of rotatable bonds is 4. The van der Waals surface area contributed by atoms with Crippen molar-refractivity contribution in [1.29, 1.82) is 0 Å². The molecule has 4 nitrogen and oxygen atoms in total. The van der Waals surface area contributed by atoms with E-state index in [-0.39, 0.29) is 20.1 Å². The molecule has 2 aromatic rings. The lowest BCUT2D eigenvalue weighted by Gasteiger charge is -2.18. The van der Waals surface area contributed by atoms with Gasteiger partial charge in [-0.3, -0.25) is 0 Å². The van der Waals surface area contributed by atoms with Crippen LogP contribution in [0.2, 0.25) is 0 Å². The second-order valence-electron chi connectivity index (χ2n) is 4.92. The van der Waals surface area contributed by atoms with Crippen LogP contribution in [0.3, 0.4) is 0 Å². The van der Waals surface area contributed by atoms with Crippen molar-refractivity contribution < 1.29 is 19.4 Å². The summed E-state index contributed by atoms with van der Waals surface area (Å²) in [5, 5.41) is 8.75. The van der Waals surface area contributed by atoms with Gasteiger partial charge < -0.3 is 9.84 Å². The van der Waals surface area contributed by atoms with Crippen LogP contribution < -0.4 is 0 Å². The smallest absolute Gasteiger partial charge is 0.341 e. The fourth-order valence-electron chi connectivity index (χ4n) is 2.00. The Morgan fingerprint density at radius 2 is 1.21 bits per heavy atom. The van der Waals surface area contributed by atoms with Gasteiger partial charge in [0.2, 0.25) is 0 Å². The molecule has 0 aliphatic carbocycles. The van der Waals surface area contributed by atoms with E-state index in [9.17, 15) is 14.7 Å². The van der Waals surface area contributed by atoms with Crippen molar-refractivity contribution in [3.63, 3.8) is 0 Å². The molecule has 2 aromatic carbocycles. The first-order valence-electron chi connectivity index (χ1n) is 6.67. The van der Waals surface area contributed by atoms with E-state index in [1.807, 2.05) is 0 Å². The Morgan fingerprint density at radius 3 is 1.71 bits per heavy atom. The van der Waals surface area contributed by atoms with Gasteiger partial charge in [-0.1, -0.05) is 0 Å². The molecule has 0 aliphatic heterocycles. The van der Waals surface area contributed by atoms with Gasteiger partial charge in [-0.25, -0.2) is 9.59 Å². The van der Waals surface area contributed by atoms with Crippen LogP contribution in [0.15, 0.2) is 41.8 Å². The number of alkyl halides is 1. The average molecular weight is 966 g/mol. The van der Waals surface area contributed by atoms with Crippen molar-refractivity contribution >= 4 is 155 Å². The van der Waals surface area contributed by atoms with Gasteiger partial charge in [0.15, 0.2) is 5.01 Å². The number of carbonyl (C=O) groups is 2. The van der Waals surface area contributed by atoms with Gasteiger partial charge in [0.25, 0.3) is 0 Å². The zero-order valence-electron chi connectivity index (χ0n) is 12.7.